The number of rotatable bonds is 6. The lowest BCUT2D eigenvalue weighted by Crippen LogP contribution is -2.12. The van der Waals surface area contributed by atoms with Gasteiger partial charge in [0.2, 0.25) is 0 Å². The van der Waals surface area contributed by atoms with E-state index in [2.05, 4.69) is 15.5 Å². The Morgan fingerprint density at radius 1 is 1.13 bits per heavy atom. The first-order chi connectivity index (χ1) is 14.8. The molecular formula is C21H18F3N5O2. The van der Waals surface area contributed by atoms with Crippen LogP contribution in [0.4, 0.5) is 19.0 Å². The third-order valence-corrected chi connectivity index (χ3v) is 4.57. The summed E-state index contributed by atoms with van der Waals surface area (Å²) in [5.41, 5.74) is 0.423. The van der Waals surface area contributed by atoms with Crippen molar-refractivity contribution >= 4 is 11.7 Å². The van der Waals surface area contributed by atoms with Crippen LogP contribution in [0.25, 0.3) is 0 Å². The van der Waals surface area contributed by atoms with Crippen LogP contribution in [-0.4, -0.2) is 25.5 Å². The predicted octanol–water partition coefficient (Wildman–Crippen LogP) is 4.35. The molecule has 0 fully saturated rings. The maximum Gasteiger partial charge on any atom is 0.416 e. The molecule has 3 aromatic heterocycles. The molecule has 1 N–H and O–H groups in total. The van der Waals surface area contributed by atoms with Crippen LogP contribution in [0.3, 0.4) is 0 Å². The van der Waals surface area contributed by atoms with E-state index in [0.29, 0.717) is 23.6 Å². The molecule has 0 radical (unpaired) electrons. The second-order valence-corrected chi connectivity index (χ2v) is 6.95. The molecule has 0 unspecified atom stereocenters. The molecule has 1 amide bonds. The Bertz CT molecular complexity index is 1190. The summed E-state index contributed by atoms with van der Waals surface area (Å²) >= 11 is 0. The number of furan rings is 1. The molecule has 0 saturated heterocycles. The summed E-state index contributed by atoms with van der Waals surface area (Å²) in [4.78, 5) is 12.5. The zero-order valence-electron chi connectivity index (χ0n) is 16.4. The summed E-state index contributed by atoms with van der Waals surface area (Å²) in [5, 5.41) is 11.0. The minimum absolute atomic E-state index is 0.118. The number of hydrogen-bond donors (Lipinski definition) is 1. The quantitative estimate of drug-likeness (QED) is 0.494. The van der Waals surface area contributed by atoms with Crippen LogP contribution in [-0.2, 0) is 19.3 Å². The van der Waals surface area contributed by atoms with Gasteiger partial charge in [0.15, 0.2) is 11.6 Å². The Morgan fingerprint density at radius 3 is 2.71 bits per heavy atom. The Morgan fingerprint density at radius 2 is 1.97 bits per heavy atom. The van der Waals surface area contributed by atoms with Crippen molar-refractivity contribution in [1.29, 1.82) is 0 Å². The number of anilines is 1. The Hall–Kier alpha value is -3.82. The SMILES string of the molecule is Cc1cc(NC(=O)c2ccc(Cn3cccn3)o2)nn1Cc1cccc(C(F)(F)F)c1. The van der Waals surface area contributed by atoms with Crippen molar-refractivity contribution in [3.05, 3.63) is 89.3 Å². The van der Waals surface area contributed by atoms with Crippen LogP contribution in [0.2, 0.25) is 0 Å². The number of aryl methyl sites for hydroxylation is 1. The number of amides is 1. The second kappa shape index (κ2) is 8.13. The van der Waals surface area contributed by atoms with E-state index in [1.807, 2.05) is 0 Å². The molecule has 0 aliphatic carbocycles. The number of carbonyl (C=O) groups excluding carboxylic acids is 1. The molecule has 31 heavy (non-hydrogen) atoms. The molecule has 3 heterocycles. The number of nitrogens with one attached hydrogen (secondary N) is 1. The van der Waals surface area contributed by atoms with Gasteiger partial charge >= 0.3 is 6.18 Å². The third-order valence-electron chi connectivity index (χ3n) is 4.57. The van der Waals surface area contributed by atoms with Gasteiger partial charge < -0.3 is 9.73 Å². The average molecular weight is 429 g/mol. The first kappa shape index (κ1) is 20.5. The summed E-state index contributed by atoms with van der Waals surface area (Å²) in [6.45, 7) is 2.29. The molecule has 0 aliphatic rings. The van der Waals surface area contributed by atoms with Crippen molar-refractivity contribution in [2.75, 3.05) is 5.32 Å². The van der Waals surface area contributed by atoms with Crippen LogP contribution in [0.15, 0.2) is 65.3 Å². The van der Waals surface area contributed by atoms with Crippen molar-refractivity contribution in [2.24, 2.45) is 0 Å². The lowest BCUT2D eigenvalue weighted by Gasteiger charge is -2.09. The van der Waals surface area contributed by atoms with Crippen molar-refractivity contribution < 1.29 is 22.4 Å². The normalized spacial score (nSPS) is 11.6. The van der Waals surface area contributed by atoms with Gasteiger partial charge in [0.25, 0.3) is 5.91 Å². The van der Waals surface area contributed by atoms with E-state index < -0.39 is 17.6 Å². The van der Waals surface area contributed by atoms with Crippen molar-refractivity contribution in [3.63, 3.8) is 0 Å². The summed E-state index contributed by atoms with van der Waals surface area (Å²) in [7, 11) is 0. The van der Waals surface area contributed by atoms with Gasteiger partial charge in [-0.05, 0) is 42.8 Å². The van der Waals surface area contributed by atoms with E-state index in [4.69, 9.17) is 4.42 Å². The molecule has 0 aliphatic heterocycles. The zero-order chi connectivity index (χ0) is 22.0. The minimum Gasteiger partial charge on any atom is -0.454 e. The van der Waals surface area contributed by atoms with E-state index in [1.54, 1.807) is 54.3 Å². The number of benzene rings is 1. The fourth-order valence-corrected chi connectivity index (χ4v) is 3.07. The molecule has 0 spiro atoms. The molecule has 4 rings (SSSR count). The predicted molar refractivity (Wildman–Crippen MR) is 106 cm³/mol. The molecule has 1 aromatic carbocycles. The van der Waals surface area contributed by atoms with Gasteiger partial charge in [-0.2, -0.15) is 23.4 Å². The lowest BCUT2D eigenvalue weighted by molar-refractivity contribution is -0.137. The molecule has 0 saturated carbocycles. The largest absolute Gasteiger partial charge is 0.454 e. The smallest absolute Gasteiger partial charge is 0.416 e. The van der Waals surface area contributed by atoms with Crippen LogP contribution in [0.5, 0.6) is 0 Å². The lowest BCUT2D eigenvalue weighted by atomic mass is 10.1. The number of hydrogen-bond acceptors (Lipinski definition) is 4. The molecule has 4 aromatic rings. The highest BCUT2D eigenvalue weighted by molar-refractivity contribution is 6.01. The minimum atomic E-state index is -4.41. The molecular weight excluding hydrogens is 411 g/mol. The topological polar surface area (TPSA) is 77.9 Å². The number of halogens is 3. The van der Waals surface area contributed by atoms with Crippen molar-refractivity contribution in [1.82, 2.24) is 19.6 Å². The standard InChI is InChI=1S/C21H18F3N5O2/c1-14-10-19(27-29(14)12-15-4-2-5-16(11-15)21(22,23)24)26-20(30)18-7-6-17(31-18)13-28-9-3-8-25-28/h2-11H,12-13H2,1H3,(H,26,27,30). The fraction of sp³-hybridized carbons (Fsp3) is 0.190. The molecule has 160 valence electrons. The van der Waals surface area contributed by atoms with Gasteiger partial charge in [-0.1, -0.05) is 12.1 Å². The van der Waals surface area contributed by atoms with E-state index in [-0.39, 0.29) is 18.1 Å². The van der Waals surface area contributed by atoms with Crippen molar-refractivity contribution in [2.45, 2.75) is 26.2 Å². The Balaban J connectivity index is 1.43. The summed E-state index contributed by atoms with van der Waals surface area (Å²) in [5.74, 6) is 0.488. The maximum absolute atomic E-state index is 12.9. The zero-order valence-corrected chi connectivity index (χ0v) is 16.4. The first-order valence-corrected chi connectivity index (χ1v) is 9.36. The average Bonchev–Trinajstić information content (AvgIpc) is 3.45. The fourth-order valence-electron chi connectivity index (χ4n) is 3.07. The number of nitrogens with zero attached hydrogens (tertiary/aromatic N) is 4. The van der Waals surface area contributed by atoms with E-state index in [9.17, 15) is 18.0 Å². The Kier molecular flexibility index (Phi) is 5.37. The van der Waals surface area contributed by atoms with Gasteiger partial charge in [-0.15, -0.1) is 0 Å². The van der Waals surface area contributed by atoms with Gasteiger partial charge in [-0.25, -0.2) is 0 Å². The highest BCUT2D eigenvalue weighted by atomic mass is 19.4. The van der Waals surface area contributed by atoms with Gasteiger partial charge in [-0.3, -0.25) is 14.2 Å². The highest BCUT2D eigenvalue weighted by Gasteiger charge is 2.30. The maximum atomic E-state index is 12.9. The van der Waals surface area contributed by atoms with Crippen LogP contribution in [0.1, 0.15) is 33.1 Å². The second-order valence-electron chi connectivity index (χ2n) is 6.95. The van der Waals surface area contributed by atoms with Crippen LogP contribution < -0.4 is 5.32 Å². The van der Waals surface area contributed by atoms with Crippen LogP contribution >= 0.6 is 0 Å². The number of carbonyl (C=O) groups is 1. The molecule has 10 heteroatoms. The van der Waals surface area contributed by atoms with Crippen LogP contribution in [0, 0.1) is 6.92 Å². The molecule has 0 bridgehead atoms. The first-order valence-electron chi connectivity index (χ1n) is 9.36. The van der Waals surface area contributed by atoms with Crippen molar-refractivity contribution in [3.8, 4) is 0 Å². The molecule has 0 atom stereocenters. The van der Waals surface area contributed by atoms with E-state index in [0.717, 1.165) is 12.1 Å². The summed E-state index contributed by atoms with van der Waals surface area (Å²) in [6.07, 6.45) is -0.982. The van der Waals surface area contributed by atoms with Gasteiger partial charge in [0, 0.05) is 24.2 Å². The Labute approximate surface area is 175 Å². The third kappa shape index (κ3) is 4.85. The van der Waals surface area contributed by atoms with Gasteiger partial charge in [0.1, 0.15) is 5.76 Å². The monoisotopic (exact) mass is 429 g/mol. The molecule has 7 nitrogen and oxygen atoms in total. The van der Waals surface area contributed by atoms with Gasteiger partial charge in [0.05, 0.1) is 18.7 Å². The van der Waals surface area contributed by atoms with E-state index in [1.165, 1.54) is 10.7 Å². The number of alkyl halides is 3. The number of aromatic nitrogens is 4. The van der Waals surface area contributed by atoms with E-state index >= 15 is 0 Å². The highest BCUT2D eigenvalue weighted by Crippen LogP contribution is 2.29. The summed E-state index contributed by atoms with van der Waals surface area (Å²) in [6, 6.07) is 11.7. The summed E-state index contributed by atoms with van der Waals surface area (Å²) < 4.78 is 47.5.